The minimum Gasteiger partial charge on any atom is -0.374 e. The molecule has 3 rings (SSSR count). The summed E-state index contributed by atoms with van der Waals surface area (Å²) < 4.78 is 18.8. The van der Waals surface area contributed by atoms with Crippen molar-refractivity contribution in [1.29, 1.82) is 0 Å². The number of hydrogen-bond acceptors (Lipinski definition) is 3. The van der Waals surface area contributed by atoms with Gasteiger partial charge in [-0.1, -0.05) is 6.07 Å². The van der Waals surface area contributed by atoms with Crippen molar-refractivity contribution in [3.05, 3.63) is 35.1 Å². The number of rotatable bonds is 5. The SMILES string of the molecule is Cc1cc(F)ccc1CNC[C@H]1CN(C2CC2)CCO1. The predicted molar refractivity (Wildman–Crippen MR) is 77.2 cm³/mol. The molecule has 1 heterocycles. The van der Waals surface area contributed by atoms with E-state index < -0.39 is 0 Å². The molecular formula is C16H23FN2O. The molecule has 1 atom stereocenters. The van der Waals surface area contributed by atoms with Crippen molar-refractivity contribution >= 4 is 0 Å². The monoisotopic (exact) mass is 278 g/mol. The lowest BCUT2D eigenvalue weighted by Gasteiger charge is -2.33. The molecule has 1 N–H and O–H groups in total. The molecule has 0 radical (unpaired) electrons. The van der Waals surface area contributed by atoms with E-state index >= 15 is 0 Å². The van der Waals surface area contributed by atoms with Crippen LogP contribution in [0.4, 0.5) is 4.39 Å². The first-order chi connectivity index (χ1) is 9.72. The molecule has 3 nitrogen and oxygen atoms in total. The minimum absolute atomic E-state index is 0.165. The largest absolute Gasteiger partial charge is 0.374 e. The molecule has 20 heavy (non-hydrogen) atoms. The lowest BCUT2D eigenvalue weighted by Crippen LogP contribution is -2.47. The third-order valence-electron chi connectivity index (χ3n) is 4.23. The van der Waals surface area contributed by atoms with Crippen LogP contribution < -0.4 is 5.32 Å². The second-order valence-electron chi connectivity index (χ2n) is 5.92. The average Bonchev–Trinajstić information content (AvgIpc) is 3.26. The van der Waals surface area contributed by atoms with Crippen LogP contribution in [0.1, 0.15) is 24.0 Å². The number of nitrogens with zero attached hydrogens (tertiary/aromatic N) is 1. The maximum atomic E-state index is 13.0. The number of ether oxygens (including phenoxy) is 1. The molecule has 2 aliphatic rings. The molecule has 1 aromatic rings. The summed E-state index contributed by atoms with van der Waals surface area (Å²) in [5.74, 6) is -0.165. The summed E-state index contributed by atoms with van der Waals surface area (Å²) in [4.78, 5) is 2.55. The second-order valence-corrected chi connectivity index (χ2v) is 5.92. The van der Waals surface area contributed by atoms with Gasteiger partial charge in [0, 0.05) is 32.2 Å². The van der Waals surface area contributed by atoms with Crippen LogP contribution in [-0.2, 0) is 11.3 Å². The van der Waals surface area contributed by atoms with Gasteiger partial charge in [-0.25, -0.2) is 4.39 Å². The second kappa shape index (κ2) is 6.20. The molecular weight excluding hydrogens is 255 g/mol. The number of benzene rings is 1. The quantitative estimate of drug-likeness (QED) is 0.892. The highest BCUT2D eigenvalue weighted by atomic mass is 19.1. The van der Waals surface area contributed by atoms with Gasteiger partial charge in [0.15, 0.2) is 0 Å². The summed E-state index contributed by atoms with van der Waals surface area (Å²) in [6, 6.07) is 5.79. The first kappa shape index (κ1) is 14.0. The molecule has 1 aromatic carbocycles. The van der Waals surface area contributed by atoms with Crippen LogP contribution in [-0.4, -0.2) is 43.3 Å². The van der Waals surface area contributed by atoms with Crippen LogP contribution in [0.3, 0.4) is 0 Å². The summed E-state index contributed by atoms with van der Waals surface area (Å²) in [7, 11) is 0. The zero-order valence-electron chi connectivity index (χ0n) is 12.1. The van der Waals surface area contributed by atoms with Crippen LogP contribution in [0.2, 0.25) is 0 Å². The van der Waals surface area contributed by atoms with Crippen molar-refractivity contribution in [2.24, 2.45) is 0 Å². The lowest BCUT2D eigenvalue weighted by molar-refractivity contribution is -0.0301. The molecule has 1 aliphatic carbocycles. The van der Waals surface area contributed by atoms with Gasteiger partial charge in [-0.3, -0.25) is 4.90 Å². The van der Waals surface area contributed by atoms with Crippen LogP contribution in [0.25, 0.3) is 0 Å². The van der Waals surface area contributed by atoms with E-state index in [0.717, 1.165) is 50.0 Å². The first-order valence-corrected chi connectivity index (χ1v) is 7.54. The van der Waals surface area contributed by atoms with E-state index in [9.17, 15) is 4.39 Å². The van der Waals surface area contributed by atoms with E-state index in [1.807, 2.05) is 13.0 Å². The zero-order valence-corrected chi connectivity index (χ0v) is 12.1. The predicted octanol–water partition coefficient (Wildman–Crippen LogP) is 2.09. The van der Waals surface area contributed by atoms with Crippen LogP contribution >= 0.6 is 0 Å². The van der Waals surface area contributed by atoms with Gasteiger partial charge in [0.05, 0.1) is 12.7 Å². The standard InChI is InChI=1S/C16H23FN2O/c1-12-8-14(17)3-2-13(12)9-18-10-16-11-19(6-7-20-16)15-4-5-15/h2-3,8,15-16,18H,4-7,9-11H2,1H3/t16-/m0/s1. The smallest absolute Gasteiger partial charge is 0.123 e. The molecule has 0 bridgehead atoms. The Balaban J connectivity index is 1.44. The van der Waals surface area contributed by atoms with E-state index in [0.29, 0.717) is 0 Å². The van der Waals surface area contributed by atoms with Gasteiger partial charge < -0.3 is 10.1 Å². The van der Waals surface area contributed by atoms with Gasteiger partial charge in [-0.15, -0.1) is 0 Å². The zero-order chi connectivity index (χ0) is 13.9. The Morgan fingerprint density at radius 3 is 3.00 bits per heavy atom. The highest BCUT2D eigenvalue weighted by Gasteiger charge is 2.32. The summed E-state index contributed by atoms with van der Waals surface area (Å²) in [6.07, 6.45) is 2.99. The maximum Gasteiger partial charge on any atom is 0.123 e. The Morgan fingerprint density at radius 1 is 1.40 bits per heavy atom. The van der Waals surface area contributed by atoms with E-state index in [4.69, 9.17) is 4.74 Å². The number of aryl methyl sites for hydroxylation is 1. The van der Waals surface area contributed by atoms with Gasteiger partial charge >= 0.3 is 0 Å². The van der Waals surface area contributed by atoms with Gasteiger partial charge in [-0.2, -0.15) is 0 Å². The van der Waals surface area contributed by atoms with Gasteiger partial charge in [0.1, 0.15) is 5.82 Å². The van der Waals surface area contributed by atoms with Gasteiger partial charge in [0.25, 0.3) is 0 Å². The summed E-state index contributed by atoms with van der Waals surface area (Å²) in [5, 5.41) is 3.44. The lowest BCUT2D eigenvalue weighted by atomic mass is 10.1. The van der Waals surface area contributed by atoms with Crippen LogP contribution in [0.15, 0.2) is 18.2 Å². The molecule has 0 spiro atoms. The Hall–Kier alpha value is -0.970. The topological polar surface area (TPSA) is 24.5 Å². The Bertz CT molecular complexity index is 462. The molecule has 1 saturated heterocycles. The molecule has 1 aliphatic heterocycles. The molecule has 0 unspecified atom stereocenters. The fourth-order valence-electron chi connectivity index (χ4n) is 2.86. The Kier molecular flexibility index (Phi) is 4.34. The van der Waals surface area contributed by atoms with Crippen molar-refractivity contribution in [2.75, 3.05) is 26.2 Å². The highest BCUT2D eigenvalue weighted by Crippen LogP contribution is 2.28. The summed E-state index contributed by atoms with van der Waals surface area (Å²) >= 11 is 0. The van der Waals surface area contributed by atoms with Crippen molar-refractivity contribution in [1.82, 2.24) is 10.2 Å². The van der Waals surface area contributed by atoms with E-state index in [2.05, 4.69) is 10.2 Å². The molecule has 1 saturated carbocycles. The van der Waals surface area contributed by atoms with Crippen LogP contribution in [0, 0.1) is 12.7 Å². The van der Waals surface area contributed by atoms with Crippen molar-refractivity contribution in [3.8, 4) is 0 Å². The summed E-state index contributed by atoms with van der Waals surface area (Å²) in [6.45, 7) is 6.55. The fraction of sp³-hybridized carbons (Fsp3) is 0.625. The van der Waals surface area contributed by atoms with Crippen LogP contribution in [0.5, 0.6) is 0 Å². The minimum atomic E-state index is -0.165. The fourth-order valence-corrected chi connectivity index (χ4v) is 2.86. The van der Waals surface area contributed by atoms with Crippen molar-refractivity contribution < 1.29 is 9.13 Å². The van der Waals surface area contributed by atoms with E-state index in [-0.39, 0.29) is 11.9 Å². The highest BCUT2D eigenvalue weighted by molar-refractivity contribution is 5.26. The summed E-state index contributed by atoms with van der Waals surface area (Å²) in [5.41, 5.74) is 2.16. The third-order valence-corrected chi connectivity index (χ3v) is 4.23. The third kappa shape index (κ3) is 3.57. The van der Waals surface area contributed by atoms with Gasteiger partial charge in [-0.05, 0) is 43.0 Å². The molecule has 110 valence electrons. The maximum absolute atomic E-state index is 13.0. The number of morpholine rings is 1. The molecule has 0 amide bonds. The Labute approximate surface area is 120 Å². The van der Waals surface area contributed by atoms with E-state index in [1.165, 1.54) is 18.9 Å². The first-order valence-electron chi connectivity index (χ1n) is 7.54. The number of hydrogen-bond donors (Lipinski definition) is 1. The molecule has 0 aromatic heterocycles. The Morgan fingerprint density at radius 2 is 2.25 bits per heavy atom. The van der Waals surface area contributed by atoms with Crippen molar-refractivity contribution in [3.63, 3.8) is 0 Å². The van der Waals surface area contributed by atoms with Gasteiger partial charge in [0.2, 0.25) is 0 Å². The number of halogens is 1. The average molecular weight is 278 g/mol. The normalized spacial score (nSPS) is 24.0. The number of nitrogens with one attached hydrogen (secondary N) is 1. The van der Waals surface area contributed by atoms with Crippen molar-refractivity contribution in [2.45, 2.75) is 38.5 Å². The van der Waals surface area contributed by atoms with E-state index in [1.54, 1.807) is 6.07 Å². The molecule has 2 fully saturated rings. The molecule has 4 heteroatoms.